The van der Waals surface area contributed by atoms with Crippen LogP contribution in [0.15, 0.2) is 114 Å². The number of pyridine rings is 1. The second-order valence-electron chi connectivity index (χ2n) is 16.7. The average Bonchev–Trinajstić information content (AvgIpc) is 4.11. The molecule has 0 saturated carbocycles. The lowest BCUT2D eigenvalue weighted by molar-refractivity contribution is -0.0211. The Morgan fingerprint density at radius 3 is 2.14 bits per heavy atom. The number of carbonyl (C=O) groups excluding carboxylic acids is 3. The summed E-state index contributed by atoms with van der Waals surface area (Å²) in [6, 6.07) is 27.2. The summed E-state index contributed by atoms with van der Waals surface area (Å²) in [6.45, 7) is 5.85. The van der Waals surface area contributed by atoms with Gasteiger partial charge in [-0.2, -0.15) is 0 Å². The van der Waals surface area contributed by atoms with Gasteiger partial charge < -0.3 is 48.9 Å². The zero-order valence-electron chi connectivity index (χ0n) is 39.3. The number of nitrogens with zero attached hydrogens (tertiary/aromatic N) is 3. The van der Waals surface area contributed by atoms with Gasteiger partial charge in [0.25, 0.3) is 5.91 Å². The van der Waals surface area contributed by atoms with E-state index in [2.05, 4.69) is 41.1 Å². The van der Waals surface area contributed by atoms with Gasteiger partial charge in [-0.15, -0.1) is 0 Å². The second kappa shape index (κ2) is 23.7. The molecule has 17 nitrogen and oxygen atoms in total. The van der Waals surface area contributed by atoms with Crippen LogP contribution in [0.5, 0.6) is 23.0 Å². The van der Waals surface area contributed by atoms with Gasteiger partial charge in [-0.25, -0.2) is 19.4 Å². The molecule has 8 rings (SSSR count). The number of hydrogen-bond acceptors (Lipinski definition) is 15. The molecule has 0 spiro atoms. The Hall–Kier alpha value is -7.09. The Kier molecular flexibility index (Phi) is 16.8. The molecule has 2 atom stereocenters. The number of nitrogen functional groups attached to an aromatic ring is 1. The first-order valence-corrected chi connectivity index (χ1v) is 25.4. The number of aromatic nitrogens is 1. The fraction of sp³-hybridized carbons (Fsp3) is 0.327. The third-order valence-electron chi connectivity index (χ3n) is 12.2. The second-order valence-corrected chi connectivity index (χ2v) is 19.2. The van der Waals surface area contributed by atoms with Crippen molar-refractivity contribution in [2.75, 3.05) is 77.1 Å². The molecule has 4 aromatic carbocycles. The topological polar surface area (TPSA) is 211 Å². The summed E-state index contributed by atoms with van der Waals surface area (Å²) < 4.78 is 40.5. The van der Waals surface area contributed by atoms with Crippen molar-refractivity contribution in [1.82, 2.24) is 14.8 Å². The number of ether oxygens (including phenoxy) is 7. The Morgan fingerprint density at radius 2 is 1.48 bits per heavy atom. The van der Waals surface area contributed by atoms with Crippen LogP contribution in [0, 0.1) is 0 Å². The molecule has 0 bridgehead atoms. The quantitative estimate of drug-likeness (QED) is 0.0270. The zero-order chi connectivity index (χ0) is 49.9. The standard InChI is InChI=1S/C52H55N5O12S2/c1-32-25-42(49-56(19-22-67-49)52(62)69-31-39-35-15-7-5-13-33(35)34-14-6-8-16-36(34)39)57(30-32)48(58)37-26-43(63-2)45(28-40(37)53)65-20-11-4-12-21-66-46-29-41(38(50(59)60)27-44(46)64-3)55-51(61)68-23-24-70-71-47-17-9-10-18-54-47/h5-10,13-18,26-29,39,42,49H,1,4,11-12,19-25,30-31,53H2,2-3H3,(H,55,61)(H,59,60)/t42-,49?/m0/s1. The minimum absolute atomic E-state index is 0.00517. The number of anilines is 2. The van der Waals surface area contributed by atoms with Crippen LogP contribution in [-0.4, -0.2) is 122 Å². The first kappa shape index (κ1) is 50.3. The molecule has 1 unspecified atom stereocenters. The number of fused-ring (bicyclic) bond motifs is 3. The van der Waals surface area contributed by atoms with Crippen LogP contribution in [0.25, 0.3) is 11.1 Å². The summed E-state index contributed by atoms with van der Waals surface area (Å²) in [4.78, 5) is 60.2. The predicted molar refractivity (Wildman–Crippen MR) is 270 cm³/mol. The smallest absolute Gasteiger partial charge is 0.412 e. The molecule has 1 aliphatic carbocycles. The number of nitrogens with one attached hydrogen (secondary N) is 1. The number of unbranched alkanes of at least 4 members (excludes halogenated alkanes) is 2. The number of aromatic carboxylic acids is 1. The van der Waals surface area contributed by atoms with Gasteiger partial charge in [-0.1, -0.05) is 77.5 Å². The number of carboxylic acid groups (broad SMARTS) is 1. The Balaban J connectivity index is 0.813. The number of likely N-dealkylation sites (tertiary alicyclic amines) is 1. The molecule has 2 saturated heterocycles. The number of benzene rings is 4. The number of methoxy groups -OCH3 is 2. The van der Waals surface area contributed by atoms with Crippen molar-refractivity contribution < 1.29 is 57.4 Å². The van der Waals surface area contributed by atoms with Gasteiger partial charge in [0.15, 0.2) is 29.2 Å². The first-order chi connectivity index (χ1) is 34.5. The van der Waals surface area contributed by atoms with Gasteiger partial charge in [0.05, 0.1) is 63.4 Å². The average molecular weight is 1010 g/mol. The first-order valence-electron chi connectivity index (χ1n) is 23.1. The van der Waals surface area contributed by atoms with E-state index in [0.29, 0.717) is 62.7 Å². The molecule has 2 aliphatic heterocycles. The lowest BCUT2D eigenvalue weighted by Gasteiger charge is -2.33. The Bertz CT molecular complexity index is 2700. The summed E-state index contributed by atoms with van der Waals surface area (Å²) in [5.74, 6) is -0.129. The number of carboxylic acids is 1. The van der Waals surface area contributed by atoms with Crippen LogP contribution in [0.3, 0.4) is 0 Å². The largest absolute Gasteiger partial charge is 0.493 e. The molecule has 3 amide bonds. The van der Waals surface area contributed by atoms with Crippen molar-refractivity contribution in [1.29, 1.82) is 0 Å². The minimum atomic E-state index is -1.27. The number of rotatable bonds is 21. The van der Waals surface area contributed by atoms with Crippen molar-refractivity contribution in [3.63, 3.8) is 0 Å². The third kappa shape index (κ3) is 11.9. The number of nitrogens with two attached hydrogens (primary N) is 1. The molecule has 71 heavy (non-hydrogen) atoms. The van der Waals surface area contributed by atoms with E-state index in [9.17, 15) is 24.3 Å². The van der Waals surface area contributed by atoms with E-state index in [0.717, 1.165) is 32.9 Å². The molecule has 5 aromatic rings. The normalized spacial score (nSPS) is 16.0. The highest BCUT2D eigenvalue weighted by Gasteiger charge is 2.45. The molecule has 3 aliphatic rings. The minimum Gasteiger partial charge on any atom is -0.493 e. The Labute approximate surface area is 419 Å². The predicted octanol–water partition coefficient (Wildman–Crippen LogP) is 9.37. The van der Waals surface area contributed by atoms with E-state index >= 15 is 0 Å². The van der Waals surface area contributed by atoms with Gasteiger partial charge >= 0.3 is 18.2 Å². The molecule has 4 N–H and O–H groups in total. The number of carbonyl (C=O) groups is 4. The molecule has 3 heterocycles. The van der Waals surface area contributed by atoms with Crippen LogP contribution in [0.1, 0.15) is 63.4 Å². The van der Waals surface area contributed by atoms with Crippen molar-refractivity contribution in [2.45, 2.75) is 48.9 Å². The van der Waals surface area contributed by atoms with Crippen LogP contribution in [-0.2, 0) is 14.2 Å². The van der Waals surface area contributed by atoms with Crippen LogP contribution < -0.4 is 30.0 Å². The summed E-state index contributed by atoms with van der Waals surface area (Å²) >= 11 is 0. The van der Waals surface area contributed by atoms with Crippen molar-refractivity contribution in [2.24, 2.45) is 0 Å². The van der Waals surface area contributed by atoms with Gasteiger partial charge in [0, 0.05) is 48.3 Å². The highest BCUT2D eigenvalue weighted by atomic mass is 33.1. The molecule has 1 aromatic heterocycles. The van der Waals surface area contributed by atoms with Crippen molar-refractivity contribution >= 4 is 57.0 Å². The fourth-order valence-electron chi connectivity index (χ4n) is 8.84. The van der Waals surface area contributed by atoms with Crippen molar-refractivity contribution in [3.05, 3.63) is 132 Å². The number of hydrogen-bond donors (Lipinski definition) is 3. The zero-order valence-corrected chi connectivity index (χ0v) is 41.0. The monoisotopic (exact) mass is 1010 g/mol. The molecule has 19 heteroatoms. The summed E-state index contributed by atoms with van der Waals surface area (Å²) in [5.41, 5.74) is 12.1. The maximum absolute atomic E-state index is 14.3. The van der Waals surface area contributed by atoms with E-state index in [1.807, 2.05) is 42.5 Å². The lowest BCUT2D eigenvalue weighted by atomic mass is 9.98. The molecule has 0 radical (unpaired) electrons. The number of amides is 3. The lowest BCUT2D eigenvalue weighted by Crippen LogP contribution is -2.51. The summed E-state index contributed by atoms with van der Waals surface area (Å²) in [6.07, 6.45) is 1.97. The molecular formula is C52H55N5O12S2. The van der Waals surface area contributed by atoms with Gasteiger partial charge in [-0.3, -0.25) is 15.0 Å². The molecule has 2 fully saturated rings. The van der Waals surface area contributed by atoms with Crippen molar-refractivity contribution in [3.8, 4) is 34.1 Å². The van der Waals surface area contributed by atoms with E-state index in [4.69, 9.17) is 38.9 Å². The summed E-state index contributed by atoms with van der Waals surface area (Å²) in [7, 11) is 5.80. The van der Waals surface area contributed by atoms with Gasteiger partial charge in [0.2, 0.25) is 0 Å². The highest BCUT2D eigenvalue weighted by molar-refractivity contribution is 8.76. The third-order valence-corrected chi connectivity index (χ3v) is 14.4. The van der Waals surface area contributed by atoms with Gasteiger partial charge in [0.1, 0.15) is 18.2 Å². The van der Waals surface area contributed by atoms with Crippen LogP contribution >= 0.6 is 21.6 Å². The van der Waals surface area contributed by atoms with E-state index in [1.54, 1.807) is 28.1 Å². The maximum atomic E-state index is 14.3. The maximum Gasteiger partial charge on any atom is 0.412 e. The van der Waals surface area contributed by atoms with E-state index in [-0.39, 0.29) is 72.2 Å². The van der Waals surface area contributed by atoms with E-state index in [1.165, 1.54) is 47.9 Å². The SMILES string of the molecule is C=C1C[C@@H](C2OCCN2C(=O)OCC2c3ccccc3-c3ccccc32)N(C(=O)c2cc(OC)c(OCCCCCOc3cc(NC(=O)OCCSSc4ccccn4)c(C(=O)O)cc3OC)cc2N)C1. The molecule has 372 valence electrons. The molecular weight excluding hydrogens is 951 g/mol. The Morgan fingerprint density at radius 1 is 0.817 bits per heavy atom. The van der Waals surface area contributed by atoms with Crippen LogP contribution in [0.4, 0.5) is 21.0 Å². The fourth-order valence-corrected chi connectivity index (χ4v) is 10.5. The van der Waals surface area contributed by atoms with Crippen LogP contribution in [0.2, 0.25) is 0 Å². The summed E-state index contributed by atoms with van der Waals surface area (Å²) in [5, 5.41) is 13.2. The highest BCUT2D eigenvalue weighted by Crippen LogP contribution is 2.45. The van der Waals surface area contributed by atoms with E-state index < -0.39 is 30.4 Å². The van der Waals surface area contributed by atoms with Gasteiger partial charge in [-0.05, 0) is 76.9 Å².